The summed E-state index contributed by atoms with van der Waals surface area (Å²) in [5, 5.41) is 9.75. The maximum Gasteiger partial charge on any atom is 0.171 e. The molecule has 2 rings (SSSR count). The lowest BCUT2D eigenvalue weighted by Crippen LogP contribution is -3.06. The summed E-state index contributed by atoms with van der Waals surface area (Å²) in [7, 11) is 0. The van der Waals surface area contributed by atoms with Gasteiger partial charge in [-0.2, -0.15) is 0 Å². The fourth-order valence-electron chi connectivity index (χ4n) is 3.76. The molecule has 0 aliphatic carbocycles. The fourth-order valence-corrected chi connectivity index (χ4v) is 4.05. The number of thiocarbonyl (C=S) groups is 1. The highest BCUT2D eigenvalue weighted by Crippen LogP contribution is 2.22. The Morgan fingerprint density at radius 3 is 2.13 bits per heavy atom. The summed E-state index contributed by atoms with van der Waals surface area (Å²) < 4.78 is 0. The Kier molecular flexibility index (Phi) is 5.11. The van der Waals surface area contributed by atoms with Crippen molar-refractivity contribution in [1.29, 1.82) is 0 Å². The van der Waals surface area contributed by atoms with E-state index in [4.69, 9.17) is 12.2 Å². The van der Waals surface area contributed by atoms with Crippen LogP contribution in [0.5, 0.6) is 0 Å². The molecule has 5 heteroatoms. The van der Waals surface area contributed by atoms with E-state index in [-0.39, 0.29) is 16.9 Å². The number of quaternary nitrogens is 1. The van der Waals surface area contributed by atoms with Gasteiger partial charge in [-0.15, -0.1) is 0 Å². The second-order valence-corrected chi connectivity index (χ2v) is 8.37. The van der Waals surface area contributed by atoms with Gasteiger partial charge < -0.3 is 16.0 Å². The number of benzene rings is 1. The van der Waals surface area contributed by atoms with E-state index in [1.807, 2.05) is 24.3 Å². The van der Waals surface area contributed by atoms with Gasteiger partial charge in [0.05, 0.1) is 11.1 Å². The number of anilines is 1. The first-order valence-electron chi connectivity index (χ1n) is 8.12. The van der Waals surface area contributed by atoms with E-state index in [1.165, 1.54) is 0 Å². The molecule has 1 fully saturated rings. The molecule has 1 aromatic carbocycles. The number of ketones is 1. The van der Waals surface area contributed by atoms with E-state index in [2.05, 4.69) is 43.6 Å². The molecule has 1 saturated heterocycles. The van der Waals surface area contributed by atoms with Gasteiger partial charge >= 0.3 is 0 Å². The van der Waals surface area contributed by atoms with Crippen LogP contribution >= 0.6 is 12.2 Å². The molecule has 0 saturated carbocycles. The number of piperidine rings is 1. The number of hydrogen-bond donors (Lipinski definition) is 3. The highest BCUT2D eigenvalue weighted by Gasteiger charge is 2.41. The van der Waals surface area contributed by atoms with Crippen LogP contribution in [0.1, 0.15) is 57.8 Å². The number of nitrogens with two attached hydrogens (primary N) is 1. The van der Waals surface area contributed by atoms with E-state index in [1.54, 1.807) is 6.92 Å². The molecule has 1 aromatic rings. The summed E-state index contributed by atoms with van der Waals surface area (Å²) in [5.41, 5.74) is 2.02. The van der Waals surface area contributed by atoms with Crippen molar-refractivity contribution in [2.75, 3.05) is 5.32 Å². The Balaban J connectivity index is 1.95. The van der Waals surface area contributed by atoms with Crippen LogP contribution in [0.3, 0.4) is 0 Å². The third-order valence-electron chi connectivity index (χ3n) is 4.21. The van der Waals surface area contributed by atoms with Crippen molar-refractivity contribution >= 4 is 28.8 Å². The third-order valence-corrected chi connectivity index (χ3v) is 4.43. The number of rotatable bonds is 3. The van der Waals surface area contributed by atoms with Gasteiger partial charge in [0.15, 0.2) is 10.9 Å². The molecule has 4 N–H and O–H groups in total. The van der Waals surface area contributed by atoms with Crippen LogP contribution in [0, 0.1) is 0 Å². The molecule has 0 unspecified atom stereocenters. The summed E-state index contributed by atoms with van der Waals surface area (Å²) in [5.74, 6) is 0.0696. The predicted octanol–water partition coefficient (Wildman–Crippen LogP) is 2.46. The van der Waals surface area contributed by atoms with Crippen molar-refractivity contribution in [1.82, 2.24) is 5.32 Å². The molecule has 0 bridgehead atoms. The van der Waals surface area contributed by atoms with Gasteiger partial charge in [-0.3, -0.25) is 4.79 Å². The molecule has 4 nitrogen and oxygen atoms in total. The number of hydrogen-bond acceptors (Lipinski definition) is 2. The zero-order chi connectivity index (χ0) is 17.3. The van der Waals surface area contributed by atoms with Crippen LogP contribution in [0.4, 0.5) is 5.69 Å². The standard InChI is InChI=1S/C18H27N3OS/c1-12(22)13-6-8-14(9-7-13)19-16(23)20-15-10-17(2,3)21-18(4,5)11-15/h6-9,15,21H,10-11H2,1-5H3,(H2,19,20,23)/p+1. The van der Waals surface area contributed by atoms with Gasteiger partial charge in [-0.1, -0.05) is 0 Å². The first-order chi connectivity index (χ1) is 10.6. The van der Waals surface area contributed by atoms with Crippen LogP contribution in [0.25, 0.3) is 0 Å². The number of Topliss-reactive ketones (excluding diaryl/α,β-unsaturated/α-hetero) is 1. The zero-order valence-electron chi connectivity index (χ0n) is 14.7. The minimum Gasteiger partial charge on any atom is -0.359 e. The Hall–Kier alpha value is -1.46. The molecule has 0 radical (unpaired) electrons. The van der Waals surface area contributed by atoms with E-state index < -0.39 is 0 Å². The zero-order valence-corrected chi connectivity index (χ0v) is 15.5. The minimum atomic E-state index is 0.0696. The third kappa shape index (κ3) is 5.29. The maximum absolute atomic E-state index is 11.3. The molecule has 23 heavy (non-hydrogen) atoms. The maximum atomic E-state index is 11.3. The average Bonchev–Trinajstić information content (AvgIpc) is 2.34. The molecule has 1 heterocycles. The van der Waals surface area contributed by atoms with Crippen molar-refractivity contribution in [2.24, 2.45) is 0 Å². The van der Waals surface area contributed by atoms with E-state index >= 15 is 0 Å². The van der Waals surface area contributed by atoms with E-state index in [0.717, 1.165) is 18.5 Å². The SMILES string of the molecule is CC(=O)c1ccc(NC(=S)NC2CC(C)(C)[NH2+]C(C)(C)C2)cc1. The smallest absolute Gasteiger partial charge is 0.171 e. The lowest BCUT2D eigenvalue weighted by Gasteiger charge is -2.43. The number of nitrogens with one attached hydrogen (secondary N) is 2. The van der Waals surface area contributed by atoms with Crippen molar-refractivity contribution < 1.29 is 10.1 Å². The van der Waals surface area contributed by atoms with Gasteiger partial charge in [0.25, 0.3) is 0 Å². The highest BCUT2D eigenvalue weighted by molar-refractivity contribution is 7.80. The van der Waals surface area contributed by atoms with E-state index in [9.17, 15) is 4.79 Å². The molecular weight excluding hydrogens is 306 g/mol. The normalized spacial score (nSPS) is 19.9. The number of carbonyl (C=O) groups excluding carboxylic acids is 1. The molecule has 0 spiro atoms. The van der Waals surface area contributed by atoms with Crippen LogP contribution < -0.4 is 16.0 Å². The second kappa shape index (κ2) is 6.57. The van der Waals surface area contributed by atoms with E-state index in [0.29, 0.717) is 16.7 Å². The summed E-state index contributed by atoms with van der Waals surface area (Å²) in [6, 6.07) is 7.76. The largest absolute Gasteiger partial charge is 0.359 e. The first-order valence-corrected chi connectivity index (χ1v) is 8.53. The Bertz CT molecular complexity index is 577. The van der Waals surface area contributed by atoms with Gasteiger partial charge in [-0.25, -0.2) is 0 Å². The average molecular weight is 335 g/mol. The molecule has 0 aromatic heterocycles. The predicted molar refractivity (Wildman–Crippen MR) is 98.9 cm³/mol. The molecule has 0 amide bonds. The summed E-state index contributed by atoms with van der Waals surface area (Å²) in [4.78, 5) is 11.3. The first kappa shape index (κ1) is 17.9. The summed E-state index contributed by atoms with van der Waals surface area (Å²) in [6.45, 7) is 10.7. The Morgan fingerprint density at radius 1 is 1.13 bits per heavy atom. The monoisotopic (exact) mass is 334 g/mol. The minimum absolute atomic E-state index is 0.0696. The van der Waals surface area contributed by atoms with Gasteiger partial charge in [0, 0.05) is 30.1 Å². The van der Waals surface area contributed by atoms with Gasteiger partial charge in [0.1, 0.15) is 0 Å². The lowest BCUT2D eigenvalue weighted by atomic mass is 9.80. The molecule has 126 valence electrons. The van der Waals surface area contributed by atoms with Crippen molar-refractivity contribution in [3.05, 3.63) is 29.8 Å². The van der Waals surface area contributed by atoms with Crippen molar-refractivity contribution in [2.45, 2.75) is 64.6 Å². The second-order valence-electron chi connectivity index (χ2n) is 7.96. The van der Waals surface area contributed by atoms with Crippen molar-refractivity contribution in [3.8, 4) is 0 Å². The van der Waals surface area contributed by atoms with Crippen molar-refractivity contribution in [3.63, 3.8) is 0 Å². The van der Waals surface area contributed by atoms with Crippen LogP contribution in [0.15, 0.2) is 24.3 Å². The summed E-state index contributed by atoms with van der Waals surface area (Å²) in [6.07, 6.45) is 2.14. The Labute approximate surface area is 144 Å². The number of carbonyl (C=O) groups is 1. The molecule has 1 aliphatic rings. The van der Waals surface area contributed by atoms with Gasteiger partial charge in [-0.05, 0) is 71.1 Å². The Morgan fingerprint density at radius 2 is 1.65 bits per heavy atom. The quantitative estimate of drug-likeness (QED) is 0.587. The van der Waals surface area contributed by atoms with Crippen LogP contribution in [-0.4, -0.2) is 28.0 Å². The van der Waals surface area contributed by atoms with Gasteiger partial charge in [0.2, 0.25) is 0 Å². The summed E-state index contributed by atoms with van der Waals surface area (Å²) >= 11 is 5.45. The molecular formula is C18H28N3OS+. The van der Waals surface area contributed by atoms with Crippen LogP contribution in [0.2, 0.25) is 0 Å². The van der Waals surface area contributed by atoms with Crippen LogP contribution in [-0.2, 0) is 0 Å². The fraction of sp³-hybridized carbons (Fsp3) is 0.556. The molecule has 0 atom stereocenters. The lowest BCUT2D eigenvalue weighted by molar-refractivity contribution is -0.787. The highest BCUT2D eigenvalue weighted by atomic mass is 32.1. The topological polar surface area (TPSA) is 57.7 Å². The molecule has 1 aliphatic heterocycles.